The van der Waals surface area contributed by atoms with Gasteiger partial charge >= 0.3 is 5.97 Å². The lowest BCUT2D eigenvalue weighted by Crippen LogP contribution is -2.61. The number of rotatable bonds is 22. The fourth-order valence-electron chi connectivity index (χ4n) is 5.13. The van der Waals surface area contributed by atoms with Crippen molar-refractivity contribution in [3.63, 3.8) is 0 Å². The minimum Gasteiger partial charge on any atom is -0.508 e. The van der Waals surface area contributed by atoms with Crippen LogP contribution in [-0.4, -0.2) is 105 Å². The van der Waals surface area contributed by atoms with Gasteiger partial charge in [-0.2, -0.15) is 0 Å². The van der Waals surface area contributed by atoms with Crippen molar-refractivity contribution in [2.75, 3.05) is 13.2 Å². The molecule has 0 aliphatic heterocycles. The third-order valence-corrected chi connectivity index (χ3v) is 8.66. The van der Waals surface area contributed by atoms with E-state index in [-0.39, 0.29) is 30.3 Å². The van der Waals surface area contributed by atoms with E-state index in [9.17, 15) is 49.2 Å². The van der Waals surface area contributed by atoms with Gasteiger partial charge in [0.25, 0.3) is 0 Å². The molecule has 2 rings (SSSR count). The second-order valence-electron chi connectivity index (χ2n) is 12.9. The van der Waals surface area contributed by atoms with E-state index in [0.717, 1.165) is 0 Å². The van der Waals surface area contributed by atoms with Gasteiger partial charge in [0.05, 0.1) is 12.6 Å². The molecular formula is C36H53N7O10. The van der Waals surface area contributed by atoms with Crippen LogP contribution in [0.5, 0.6) is 11.5 Å². The summed E-state index contributed by atoms with van der Waals surface area (Å²) in [6, 6.07) is 3.88. The van der Waals surface area contributed by atoms with Crippen molar-refractivity contribution in [3.05, 3.63) is 59.7 Å². The Kier molecular flexibility index (Phi) is 18.2. The van der Waals surface area contributed by atoms with Gasteiger partial charge in [0.1, 0.15) is 41.7 Å². The first-order valence-electron chi connectivity index (χ1n) is 17.5. The first-order chi connectivity index (χ1) is 25.1. The van der Waals surface area contributed by atoms with Gasteiger partial charge in [-0.15, -0.1) is 0 Å². The first-order valence-corrected chi connectivity index (χ1v) is 17.5. The highest BCUT2D eigenvalue weighted by atomic mass is 16.4. The molecular weight excluding hydrogens is 690 g/mol. The fraction of sp³-hybridized carbons (Fsp3) is 0.500. The number of aliphatic carboxylic acids is 1. The van der Waals surface area contributed by atoms with Gasteiger partial charge in [0, 0.05) is 12.8 Å². The Morgan fingerprint density at radius 1 is 0.660 bits per heavy atom. The predicted octanol–water partition coefficient (Wildman–Crippen LogP) is -1.09. The van der Waals surface area contributed by atoms with Gasteiger partial charge < -0.3 is 58.5 Å². The van der Waals surface area contributed by atoms with Crippen LogP contribution < -0.4 is 38.1 Å². The molecule has 0 bridgehead atoms. The Bertz CT molecular complexity index is 1520. The molecule has 0 saturated carbocycles. The number of amides is 5. The molecule has 0 heterocycles. The molecule has 0 aliphatic carbocycles. The number of hydrogen-bond donors (Lipinski definition) is 11. The van der Waals surface area contributed by atoms with Gasteiger partial charge in [-0.05, 0) is 67.6 Å². The minimum absolute atomic E-state index is 0.0400. The molecule has 53 heavy (non-hydrogen) atoms. The van der Waals surface area contributed by atoms with Crippen molar-refractivity contribution in [3.8, 4) is 11.5 Å². The van der Waals surface area contributed by atoms with E-state index in [1.165, 1.54) is 55.5 Å². The summed E-state index contributed by atoms with van der Waals surface area (Å²) < 4.78 is 0. The Morgan fingerprint density at radius 3 is 1.57 bits per heavy atom. The van der Waals surface area contributed by atoms with Crippen LogP contribution in [0.3, 0.4) is 0 Å². The fourth-order valence-corrected chi connectivity index (χ4v) is 5.13. The molecule has 13 N–H and O–H groups in total. The van der Waals surface area contributed by atoms with Crippen LogP contribution in [-0.2, 0) is 41.6 Å². The maximum absolute atomic E-state index is 13.8. The highest BCUT2D eigenvalue weighted by Crippen LogP contribution is 2.15. The number of carbonyl (C=O) groups excluding carboxylic acids is 5. The van der Waals surface area contributed by atoms with Crippen molar-refractivity contribution in [1.29, 1.82) is 0 Å². The molecule has 0 saturated heterocycles. The third-order valence-electron chi connectivity index (χ3n) is 8.66. The van der Waals surface area contributed by atoms with Gasteiger partial charge in [-0.1, -0.05) is 51.0 Å². The Morgan fingerprint density at radius 2 is 1.11 bits per heavy atom. The zero-order valence-electron chi connectivity index (χ0n) is 30.2. The van der Waals surface area contributed by atoms with Crippen molar-refractivity contribution < 1.29 is 49.2 Å². The van der Waals surface area contributed by atoms with Crippen LogP contribution in [0.2, 0.25) is 0 Å². The molecule has 17 heteroatoms. The number of phenols is 2. The number of nitrogens with two attached hydrogens (primary N) is 2. The number of hydrogen-bond acceptors (Lipinski definition) is 11. The number of nitrogens with one attached hydrogen (secondary N) is 5. The summed E-state index contributed by atoms with van der Waals surface area (Å²) in [5, 5.41) is 51.3. The van der Waals surface area contributed by atoms with Crippen LogP contribution in [0, 0.1) is 5.92 Å². The molecule has 0 spiro atoms. The number of carboxylic acids is 1. The quantitative estimate of drug-likeness (QED) is 0.0642. The molecule has 7 atom stereocenters. The van der Waals surface area contributed by atoms with E-state index >= 15 is 0 Å². The maximum atomic E-state index is 13.8. The smallest absolute Gasteiger partial charge is 0.325 e. The van der Waals surface area contributed by atoms with Gasteiger partial charge in [-0.3, -0.25) is 28.8 Å². The Hall–Kier alpha value is -5.26. The van der Waals surface area contributed by atoms with Crippen LogP contribution in [0.15, 0.2) is 48.5 Å². The van der Waals surface area contributed by atoms with Crippen molar-refractivity contribution >= 4 is 35.5 Å². The number of aromatic hydroxyl groups is 2. The second-order valence-corrected chi connectivity index (χ2v) is 12.9. The summed E-state index contributed by atoms with van der Waals surface area (Å²) in [6.45, 7) is 4.31. The highest BCUT2D eigenvalue weighted by molar-refractivity contribution is 5.96. The molecule has 0 aliphatic rings. The number of benzene rings is 2. The van der Waals surface area contributed by atoms with Crippen LogP contribution in [0.4, 0.5) is 0 Å². The lowest BCUT2D eigenvalue weighted by molar-refractivity contribution is -0.141. The number of aliphatic hydroxyl groups excluding tert-OH is 1. The monoisotopic (exact) mass is 743 g/mol. The summed E-state index contributed by atoms with van der Waals surface area (Å²) in [5.41, 5.74) is 12.6. The van der Waals surface area contributed by atoms with Crippen LogP contribution in [0.1, 0.15) is 57.6 Å². The summed E-state index contributed by atoms with van der Waals surface area (Å²) in [5.74, 6) is -5.81. The van der Waals surface area contributed by atoms with E-state index < -0.39 is 78.4 Å². The lowest BCUT2D eigenvalue weighted by atomic mass is 9.96. The molecule has 292 valence electrons. The average molecular weight is 744 g/mol. The highest BCUT2D eigenvalue weighted by Gasteiger charge is 2.34. The molecule has 0 radical (unpaired) electrons. The SMILES string of the molecule is CC[C@H](C)[C@H](NC(=O)[C@@H](N)CCCCN)C(=O)N[C@@H](Cc1ccc(O)cc1)C(=O)N[C@@H](CO)C(=O)N[C@@H](Cc1ccc(O)cc1)C(=O)N[C@@H](C)C(=O)O. The normalized spacial score (nSPS) is 15.0. The Balaban J connectivity index is 2.33. The summed E-state index contributed by atoms with van der Waals surface area (Å²) >= 11 is 0. The van der Waals surface area contributed by atoms with E-state index in [4.69, 9.17) is 11.5 Å². The van der Waals surface area contributed by atoms with Crippen molar-refractivity contribution in [2.45, 2.75) is 95.5 Å². The first kappa shape index (κ1) is 43.9. The van der Waals surface area contributed by atoms with E-state index in [1.54, 1.807) is 6.92 Å². The number of aliphatic hydroxyl groups is 1. The lowest BCUT2D eigenvalue weighted by Gasteiger charge is -2.28. The van der Waals surface area contributed by atoms with Gasteiger partial charge in [0.2, 0.25) is 29.5 Å². The standard InChI is InChI=1S/C36H53N7O10/c1-4-20(2)30(43-31(47)26(38)7-5-6-16-37)35(51)41-28(18-23-10-14-25(46)15-11-23)33(49)42-29(19-44)34(50)40-27(32(48)39-21(3)36(52)53)17-22-8-12-24(45)13-9-22/h8-15,20-21,26-30,44-46H,4-7,16-19,37-38H2,1-3H3,(H,39,48)(H,40,50)(H,41,51)(H,42,49)(H,43,47)(H,52,53)/t20-,21-,26-,27-,28-,29-,30-/m0/s1. The largest absolute Gasteiger partial charge is 0.508 e. The number of carboxylic acid groups (broad SMARTS) is 1. The third kappa shape index (κ3) is 14.7. The van der Waals surface area contributed by atoms with E-state index in [2.05, 4.69) is 26.6 Å². The minimum atomic E-state index is -1.63. The van der Waals surface area contributed by atoms with Gasteiger partial charge in [-0.25, -0.2) is 0 Å². The second kappa shape index (κ2) is 22.0. The topological polar surface area (TPSA) is 296 Å². The average Bonchev–Trinajstić information content (AvgIpc) is 3.13. The summed E-state index contributed by atoms with van der Waals surface area (Å²) in [7, 11) is 0. The molecule has 17 nitrogen and oxygen atoms in total. The van der Waals surface area contributed by atoms with E-state index in [1.807, 2.05) is 6.92 Å². The molecule has 0 aromatic heterocycles. The zero-order valence-corrected chi connectivity index (χ0v) is 30.2. The molecule has 0 fully saturated rings. The van der Waals surface area contributed by atoms with Crippen LogP contribution in [0.25, 0.3) is 0 Å². The Labute approximate surface area is 308 Å². The van der Waals surface area contributed by atoms with Gasteiger partial charge in [0.15, 0.2) is 0 Å². The molecule has 0 unspecified atom stereocenters. The summed E-state index contributed by atoms with van der Waals surface area (Å²) in [6.07, 6.45) is 1.85. The number of carbonyl (C=O) groups is 6. The maximum Gasteiger partial charge on any atom is 0.325 e. The predicted molar refractivity (Wildman–Crippen MR) is 194 cm³/mol. The number of unbranched alkanes of at least 4 members (excludes halogenated alkanes) is 1. The van der Waals surface area contributed by atoms with Crippen molar-refractivity contribution in [2.24, 2.45) is 17.4 Å². The van der Waals surface area contributed by atoms with Crippen molar-refractivity contribution in [1.82, 2.24) is 26.6 Å². The molecule has 2 aromatic carbocycles. The molecule has 5 amide bonds. The van der Waals surface area contributed by atoms with E-state index in [0.29, 0.717) is 43.4 Å². The zero-order chi connectivity index (χ0) is 39.7. The number of phenolic OH excluding ortho intramolecular Hbond substituents is 2. The van der Waals surface area contributed by atoms with Crippen LogP contribution >= 0.6 is 0 Å². The summed E-state index contributed by atoms with van der Waals surface area (Å²) in [4.78, 5) is 78.4. The molecule has 2 aromatic rings.